The molecular weight excluding hydrogens is 451 g/mol. The third-order valence-electron chi connectivity index (χ3n) is 6.13. The van der Waals surface area contributed by atoms with Crippen molar-refractivity contribution >= 4 is 17.3 Å². The van der Waals surface area contributed by atoms with E-state index in [2.05, 4.69) is 18.9 Å². The molecule has 2 aromatic rings. The normalized spacial score (nSPS) is 14.7. The predicted octanol–water partition coefficient (Wildman–Crippen LogP) is 4.36. The summed E-state index contributed by atoms with van der Waals surface area (Å²) in [4.78, 5) is 26.8. The van der Waals surface area contributed by atoms with Crippen LogP contribution in [-0.4, -0.2) is 51.7 Å². The fourth-order valence-electron chi connectivity index (χ4n) is 4.32. The number of anilines is 1. The topological polar surface area (TPSA) is 84.5 Å². The summed E-state index contributed by atoms with van der Waals surface area (Å²) in [6.45, 7) is 10.3. The molecule has 186 valence electrons. The van der Waals surface area contributed by atoms with Crippen molar-refractivity contribution in [2.45, 2.75) is 53.3 Å². The molecular formula is C23H30F3N5O3. The van der Waals surface area contributed by atoms with E-state index in [1.165, 1.54) is 0 Å². The van der Waals surface area contributed by atoms with E-state index in [-0.39, 0.29) is 11.6 Å². The maximum Gasteiger partial charge on any atom is 0.416 e. The molecule has 0 saturated carbocycles. The van der Waals surface area contributed by atoms with Gasteiger partial charge in [0.1, 0.15) is 5.69 Å². The summed E-state index contributed by atoms with van der Waals surface area (Å²) in [6, 6.07) is 2.56. The molecule has 0 spiro atoms. The molecule has 1 aromatic heterocycles. The molecule has 0 bridgehead atoms. The highest BCUT2D eigenvalue weighted by molar-refractivity contribution is 5.77. The molecule has 2 heterocycles. The molecule has 1 amide bonds. The lowest BCUT2D eigenvalue weighted by Crippen LogP contribution is -2.49. The van der Waals surface area contributed by atoms with Crippen LogP contribution < -0.4 is 4.90 Å². The van der Waals surface area contributed by atoms with Crippen molar-refractivity contribution in [3.8, 4) is 0 Å². The van der Waals surface area contributed by atoms with Gasteiger partial charge in [-0.15, -0.1) is 0 Å². The van der Waals surface area contributed by atoms with Crippen molar-refractivity contribution in [1.29, 1.82) is 0 Å². The van der Waals surface area contributed by atoms with Crippen LogP contribution in [0.15, 0.2) is 18.2 Å². The van der Waals surface area contributed by atoms with Gasteiger partial charge in [0.2, 0.25) is 5.91 Å². The number of nitrogens with zero attached hydrogens (tertiary/aromatic N) is 5. The number of benzene rings is 1. The van der Waals surface area contributed by atoms with Gasteiger partial charge in [0.05, 0.1) is 16.2 Å². The smallest absolute Gasteiger partial charge is 0.362 e. The third kappa shape index (κ3) is 5.68. The Hall–Kier alpha value is -3.11. The van der Waals surface area contributed by atoms with Gasteiger partial charge in [-0.3, -0.25) is 19.6 Å². The zero-order valence-electron chi connectivity index (χ0n) is 19.9. The lowest BCUT2D eigenvalue weighted by Gasteiger charge is -2.36. The Balaban J connectivity index is 1.62. The highest BCUT2D eigenvalue weighted by atomic mass is 19.4. The lowest BCUT2D eigenvalue weighted by molar-refractivity contribution is -0.384. The third-order valence-corrected chi connectivity index (χ3v) is 6.13. The molecule has 1 fully saturated rings. The molecule has 0 N–H and O–H groups in total. The van der Waals surface area contributed by atoms with E-state index < -0.39 is 22.4 Å². The van der Waals surface area contributed by atoms with Crippen molar-refractivity contribution in [1.82, 2.24) is 14.7 Å². The van der Waals surface area contributed by atoms with Crippen molar-refractivity contribution in [2.75, 3.05) is 31.1 Å². The second kappa shape index (κ2) is 10.0. The number of carbonyl (C=O) groups is 1. The monoisotopic (exact) mass is 481 g/mol. The summed E-state index contributed by atoms with van der Waals surface area (Å²) in [7, 11) is 0. The van der Waals surface area contributed by atoms with E-state index >= 15 is 0 Å². The molecule has 0 radical (unpaired) electrons. The van der Waals surface area contributed by atoms with E-state index in [1.54, 1.807) is 9.80 Å². The van der Waals surface area contributed by atoms with Gasteiger partial charge in [0.15, 0.2) is 0 Å². The number of amides is 1. The van der Waals surface area contributed by atoms with Crippen molar-refractivity contribution in [2.24, 2.45) is 5.92 Å². The standard InChI is InChI=1S/C23H30F3N5O3/c1-15(2)14-30-17(4)19(16(3)27-30)6-8-22(32)29-11-9-28(10-12-29)20-7-5-18(23(24,25)26)13-21(20)31(33)34/h5,7,13,15H,6,8-12,14H2,1-4H3. The Morgan fingerprint density at radius 3 is 2.38 bits per heavy atom. The van der Waals surface area contributed by atoms with Gasteiger partial charge in [-0.1, -0.05) is 13.8 Å². The number of nitro benzene ring substituents is 1. The van der Waals surface area contributed by atoms with E-state index in [0.717, 1.165) is 35.6 Å². The number of aryl methyl sites for hydroxylation is 1. The van der Waals surface area contributed by atoms with Crippen molar-refractivity contribution in [3.05, 3.63) is 50.8 Å². The molecule has 0 unspecified atom stereocenters. The summed E-state index contributed by atoms with van der Waals surface area (Å²) in [5.41, 5.74) is 1.56. The van der Waals surface area contributed by atoms with E-state index in [1.807, 2.05) is 18.5 Å². The first-order valence-corrected chi connectivity index (χ1v) is 11.3. The summed E-state index contributed by atoms with van der Waals surface area (Å²) in [6.07, 6.45) is -3.74. The second-order valence-electron chi connectivity index (χ2n) is 9.05. The van der Waals surface area contributed by atoms with Gasteiger partial charge in [-0.25, -0.2) is 0 Å². The number of halogens is 3. The molecule has 34 heavy (non-hydrogen) atoms. The fourth-order valence-corrected chi connectivity index (χ4v) is 4.32. The minimum Gasteiger partial charge on any atom is -0.362 e. The quantitative estimate of drug-likeness (QED) is 0.433. The summed E-state index contributed by atoms with van der Waals surface area (Å²) in [5.74, 6) is 0.446. The predicted molar refractivity (Wildman–Crippen MR) is 122 cm³/mol. The van der Waals surface area contributed by atoms with Crippen LogP contribution in [0.25, 0.3) is 0 Å². The maximum atomic E-state index is 13.0. The summed E-state index contributed by atoms with van der Waals surface area (Å²) < 4.78 is 40.9. The number of carbonyl (C=O) groups excluding carboxylic acids is 1. The first-order valence-electron chi connectivity index (χ1n) is 11.3. The lowest BCUT2D eigenvalue weighted by atomic mass is 10.1. The van der Waals surface area contributed by atoms with Gasteiger partial charge in [0, 0.05) is 50.9 Å². The number of piperazine rings is 1. The van der Waals surface area contributed by atoms with Gasteiger partial charge < -0.3 is 9.80 Å². The first kappa shape index (κ1) is 25.5. The van der Waals surface area contributed by atoms with E-state index in [0.29, 0.717) is 51.0 Å². The Labute approximate surface area is 196 Å². The summed E-state index contributed by atoms with van der Waals surface area (Å²) >= 11 is 0. The SMILES string of the molecule is Cc1nn(CC(C)C)c(C)c1CCC(=O)N1CCN(c2ccc(C(F)(F)F)cc2[N+](=O)[O-])CC1. The number of hydrogen-bond donors (Lipinski definition) is 0. The molecule has 1 aromatic carbocycles. The first-order chi connectivity index (χ1) is 15.9. The molecule has 0 aliphatic carbocycles. The maximum absolute atomic E-state index is 13.0. The van der Waals surface area contributed by atoms with Gasteiger partial charge >= 0.3 is 6.18 Å². The largest absolute Gasteiger partial charge is 0.416 e. The van der Waals surface area contributed by atoms with E-state index in [9.17, 15) is 28.1 Å². The number of nitro groups is 1. The highest BCUT2D eigenvalue weighted by Gasteiger charge is 2.34. The summed E-state index contributed by atoms with van der Waals surface area (Å²) in [5, 5.41) is 16.0. The van der Waals surface area contributed by atoms with Crippen molar-refractivity contribution in [3.63, 3.8) is 0 Å². The van der Waals surface area contributed by atoms with Gasteiger partial charge in [-0.05, 0) is 43.9 Å². The van der Waals surface area contributed by atoms with Crippen LogP contribution in [0.3, 0.4) is 0 Å². The molecule has 1 aliphatic rings. The van der Waals surface area contributed by atoms with Gasteiger partial charge in [-0.2, -0.15) is 18.3 Å². The number of aromatic nitrogens is 2. The fraction of sp³-hybridized carbons (Fsp3) is 0.565. The van der Waals surface area contributed by atoms with Crippen LogP contribution in [0.1, 0.15) is 42.8 Å². The average molecular weight is 482 g/mol. The zero-order valence-corrected chi connectivity index (χ0v) is 19.9. The minimum absolute atomic E-state index is 0.0167. The Bertz CT molecular complexity index is 1060. The zero-order chi connectivity index (χ0) is 25.2. The van der Waals surface area contributed by atoms with Crippen LogP contribution in [-0.2, 0) is 23.9 Å². The Morgan fingerprint density at radius 1 is 1.18 bits per heavy atom. The molecule has 8 nitrogen and oxygen atoms in total. The average Bonchev–Trinajstić information content (AvgIpc) is 3.02. The van der Waals surface area contributed by atoms with Gasteiger partial charge in [0.25, 0.3) is 5.69 Å². The Morgan fingerprint density at radius 2 is 1.82 bits per heavy atom. The molecule has 1 aliphatic heterocycles. The van der Waals surface area contributed by atoms with E-state index in [4.69, 9.17) is 0 Å². The molecule has 3 rings (SSSR count). The Kier molecular flexibility index (Phi) is 7.52. The molecule has 11 heteroatoms. The number of alkyl halides is 3. The number of hydrogen-bond acceptors (Lipinski definition) is 5. The van der Waals surface area contributed by atoms with Crippen LogP contribution >= 0.6 is 0 Å². The van der Waals surface area contributed by atoms with Crippen LogP contribution in [0.2, 0.25) is 0 Å². The highest BCUT2D eigenvalue weighted by Crippen LogP contribution is 2.36. The molecule has 0 atom stereocenters. The van der Waals surface area contributed by atoms with Crippen LogP contribution in [0, 0.1) is 29.9 Å². The number of rotatable bonds is 7. The second-order valence-corrected chi connectivity index (χ2v) is 9.05. The van der Waals surface area contributed by atoms with Crippen molar-refractivity contribution < 1.29 is 22.9 Å². The molecule has 1 saturated heterocycles. The van der Waals surface area contributed by atoms with Crippen LogP contribution in [0.5, 0.6) is 0 Å². The minimum atomic E-state index is -4.66. The van der Waals surface area contributed by atoms with Crippen LogP contribution in [0.4, 0.5) is 24.5 Å².